The lowest BCUT2D eigenvalue weighted by Gasteiger charge is -2.16. The van der Waals surface area contributed by atoms with Crippen LogP contribution in [0.3, 0.4) is 0 Å². The number of nitrogens with zero attached hydrogens (tertiary/aromatic N) is 3. The van der Waals surface area contributed by atoms with Gasteiger partial charge >= 0.3 is 6.03 Å². The predicted octanol–water partition coefficient (Wildman–Crippen LogP) is 2.48. The molecule has 148 valence electrons. The molecule has 1 saturated heterocycles. The van der Waals surface area contributed by atoms with Gasteiger partial charge in [-0.3, -0.25) is 14.5 Å². The number of carbonyl (C=O) groups excluding carboxylic acids is 3. The minimum absolute atomic E-state index is 0.150. The number of nitrogens with one attached hydrogen (secondary N) is 2. The Morgan fingerprint density at radius 3 is 2.46 bits per heavy atom. The van der Waals surface area contributed by atoms with Crippen LogP contribution in [0.25, 0.3) is 0 Å². The Morgan fingerprint density at radius 2 is 1.89 bits per heavy atom. The lowest BCUT2D eigenvalue weighted by molar-refractivity contribution is -0.130. The number of hydrogen-bond donors (Lipinski definition) is 2. The monoisotopic (exact) mass is 383 g/mol. The SMILES string of the molecule is CC(C)c1nccn1CC(=O)Nc1ccc(CN2C(=O)NC(C)(C)C2=O)cc1. The number of hydrogen-bond acceptors (Lipinski definition) is 4. The van der Waals surface area contributed by atoms with Crippen LogP contribution in [0, 0.1) is 0 Å². The van der Waals surface area contributed by atoms with Gasteiger partial charge in [0.1, 0.15) is 17.9 Å². The first-order chi connectivity index (χ1) is 13.2. The molecular formula is C20H25N5O3. The zero-order valence-corrected chi connectivity index (χ0v) is 16.5. The van der Waals surface area contributed by atoms with Gasteiger partial charge in [0.25, 0.3) is 5.91 Å². The molecule has 8 nitrogen and oxygen atoms in total. The van der Waals surface area contributed by atoms with Gasteiger partial charge < -0.3 is 15.2 Å². The average molecular weight is 383 g/mol. The molecule has 1 aliphatic heterocycles. The Kier molecular flexibility index (Phi) is 5.22. The number of rotatable bonds is 6. The molecule has 1 fully saturated rings. The lowest BCUT2D eigenvalue weighted by Crippen LogP contribution is -2.40. The molecule has 2 N–H and O–H groups in total. The van der Waals surface area contributed by atoms with Gasteiger partial charge in [-0.15, -0.1) is 0 Å². The zero-order valence-electron chi connectivity index (χ0n) is 16.5. The van der Waals surface area contributed by atoms with E-state index in [4.69, 9.17) is 0 Å². The quantitative estimate of drug-likeness (QED) is 0.749. The van der Waals surface area contributed by atoms with E-state index in [0.717, 1.165) is 11.4 Å². The molecule has 0 bridgehead atoms. The molecular weight excluding hydrogens is 358 g/mol. The molecule has 2 heterocycles. The van der Waals surface area contributed by atoms with E-state index in [-0.39, 0.29) is 30.8 Å². The van der Waals surface area contributed by atoms with E-state index in [2.05, 4.69) is 15.6 Å². The fourth-order valence-corrected chi connectivity index (χ4v) is 3.15. The highest BCUT2D eigenvalue weighted by molar-refractivity contribution is 6.06. The predicted molar refractivity (Wildman–Crippen MR) is 105 cm³/mol. The number of carbonyl (C=O) groups is 3. The van der Waals surface area contributed by atoms with Gasteiger partial charge in [-0.05, 0) is 31.5 Å². The van der Waals surface area contributed by atoms with Crippen molar-refractivity contribution in [1.82, 2.24) is 19.8 Å². The van der Waals surface area contributed by atoms with Crippen LogP contribution < -0.4 is 10.6 Å². The van der Waals surface area contributed by atoms with Crippen LogP contribution >= 0.6 is 0 Å². The number of aromatic nitrogens is 2. The van der Waals surface area contributed by atoms with Crippen LogP contribution in [0.1, 0.15) is 45.0 Å². The van der Waals surface area contributed by atoms with Crippen molar-refractivity contribution in [1.29, 1.82) is 0 Å². The second kappa shape index (κ2) is 7.46. The largest absolute Gasteiger partial charge is 0.325 e. The van der Waals surface area contributed by atoms with Crippen molar-refractivity contribution in [3.05, 3.63) is 48.0 Å². The second-order valence-corrected chi connectivity index (χ2v) is 7.76. The normalized spacial score (nSPS) is 15.8. The third-order valence-corrected chi connectivity index (χ3v) is 4.60. The van der Waals surface area contributed by atoms with Gasteiger partial charge in [0.15, 0.2) is 0 Å². The highest BCUT2D eigenvalue weighted by atomic mass is 16.2. The average Bonchev–Trinajstić information content (AvgIpc) is 3.14. The van der Waals surface area contributed by atoms with Gasteiger partial charge in [-0.2, -0.15) is 0 Å². The van der Waals surface area contributed by atoms with Gasteiger partial charge in [0.2, 0.25) is 5.91 Å². The van der Waals surface area contributed by atoms with Crippen LogP contribution in [-0.4, -0.2) is 37.8 Å². The third kappa shape index (κ3) is 4.05. The molecule has 28 heavy (non-hydrogen) atoms. The summed E-state index contributed by atoms with van der Waals surface area (Å²) in [5, 5.41) is 5.51. The molecule has 1 aromatic carbocycles. The van der Waals surface area contributed by atoms with Crippen molar-refractivity contribution < 1.29 is 14.4 Å². The molecule has 0 atom stereocenters. The summed E-state index contributed by atoms with van der Waals surface area (Å²) in [5.74, 6) is 0.694. The third-order valence-electron chi connectivity index (χ3n) is 4.60. The summed E-state index contributed by atoms with van der Waals surface area (Å²) in [7, 11) is 0. The smallest absolute Gasteiger partial charge is 0.325 e. The van der Waals surface area contributed by atoms with Gasteiger partial charge in [0, 0.05) is 24.0 Å². The van der Waals surface area contributed by atoms with Crippen LogP contribution in [0.4, 0.5) is 10.5 Å². The summed E-state index contributed by atoms with van der Waals surface area (Å²) >= 11 is 0. The van der Waals surface area contributed by atoms with Crippen LogP contribution in [0.2, 0.25) is 0 Å². The van der Waals surface area contributed by atoms with Gasteiger partial charge in [-0.25, -0.2) is 9.78 Å². The zero-order chi connectivity index (χ0) is 20.5. The Labute approximate surface area is 163 Å². The molecule has 8 heteroatoms. The van der Waals surface area contributed by atoms with Crippen molar-refractivity contribution in [2.75, 3.05) is 5.32 Å². The van der Waals surface area contributed by atoms with Crippen molar-refractivity contribution in [2.45, 2.75) is 52.2 Å². The molecule has 0 aliphatic carbocycles. The summed E-state index contributed by atoms with van der Waals surface area (Å²) in [6, 6.07) is 6.70. The molecule has 0 radical (unpaired) electrons. The lowest BCUT2D eigenvalue weighted by atomic mass is 10.1. The second-order valence-electron chi connectivity index (χ2n) is 7.76. The summed E-state index contributed by atoms with van der Waals surface area (Å²) < 4.78 is 1.83. The molecule has 0 unspecified atom stereocenters. The van der Waals surface area contributed by atoms with E-state index in [1.165, 1.54) is 4.90 Å². The first-order valence-corrected chi connectivity index (χ1v) is 9.21. The Hall–Kier alpha value is -3.16. The Balaban J connectivity index is 1.60. The van der Waals surface area contributed by atoms with Crippen LogP contribution in [0.5, 0.6) is 0 Å². The number of imidazole rings is 1. The van der Waals surface area contributed by atoms with E-state index in [9.17, 15) is 14.4 Å². The van der Waals surface area contributed by atoms with Crippen molar-refractivity contribution in [2.24, 2.45) is 0 Å². The van der Waals surface area contributed by atoms with Crippen molar-refractivity contribution in [3.8, 4) is 0 Å². The number of urea groups is 1. The fourth-order valence-electron chi connectivity index (χ4n) is 3.15. The molecule has 0 spiro atoms. The van der Waals surface area contributed by atoms with Crippen LogP contribution in [-0.2, 0) is 22.7 Å². The van der Waals surface area contributed by atoms with Crippen LogP contribution in [0.15, 0.2) is 36.7 Å². The highest BCUT2D eigenvalue weighted by Crippen LogP contribution is 2.20. The molecule has 3 rings (SSSR count). The number of amides is 4. The maximum absolute atomic E-state index is 12.3. The maximum atomic E-state index is 12.3. The summed E-state index contributed by atoms with van der Waals surface area (Å²) in [6.45, 7) is 7.79. The molecule has 2 aromatic rings. The minimum Gasteiger partial charge on any atom is -0.325 e. The van der Waals surface area contributed by atoms with E-state index in [1.807, 2.05) is 18.4 Å². The summed E-state index contributed by atoms with van der Waals surface area (Å²) in [6.07, 6.45) is 3.48. The van der Waals surface area contributed by atoms with E-state index in [1.54, 1.807) is 50.5 Å². The topological polar surface area (TPSA) is 96.3 Å². The standard InChI is InChI=1S/C20H25N5O3/c1-13(2)17-21-9-10-24(17)12-16(26)22-15-7-5-14(6-8-15)11-25-18(27)20(3,4)23-19(25)28/h5-10,13H,11-12H2,1-4H3,(H,22,26)(H,23,28). The first-order valence-electron chi connectivity index (χ1n) is 9.21. The van der Waals surface area contributed by atoms with E-state index >= 15 is 0 Å². The maximum Gasteiger partial charge on any atom is 0.325 e. The Bertz CT molecular complexity index is 899. The van der Waals surface area contributed by atoms with Gasteiger partial charge in [0.05, 0.1) is 6.54 Å². The van der Waals surface area contributed by atoms with Crippen molar-refractivity contribution in [3.63, 3.8) is 0 Å². The highest BCUT2D eigenvalue weighted by Gasteiger charge is 2.43. The summed E-state index contributed by atoms with van der Waals surface area (Å²) in [5.41, 5.74) is 0.570. The molecule has 1 aliphatic rings. The van der Waals surface area contributed by atoms with Gasteiger partial charge in [-0.1, -0.05) is 26.0 Å². The number of benzene rings is 1. The number of imide groups is 1. The molecule has 4 amide bonds. The summed E-state index contributed by atoms with van der Waals surface area (Å²) in [4.78, 5) is 42.0. The Morgan fingerprint density at radius 1 is 1.21 bits per heavy atom. The minimum atomic E-state index is -0.882. The molecule has 0 saturated carbocycles. The fraction of sp³-hybridized carbons (Fsp3) is 0.400. The van der Waals surface area contributed by atoms with E-state index in [0.29, 0.717) is 5.69 Å². The molecule has 1 aromatic heterocycles. The van der Waals surface area contributed by atoms with Crippen molar-refractivity contribution >= 4 is 23.5 Å². The number of anilines is 1. The van der Waals surface area contributed by atoms with E-state index < -0.39 is 11.6 Å². The first kappa shape index (κ1) is 19.6.